The van der Waals surface area contributed by atoms with Crippen molar-refractivity contribution in [3.8, 4) is 17.0 Å². The lowest BCUT2D eigenvalue weighted by molar-refractivity contribution is -0.274. The Kier molecular flexibility index (Phi) is 6.16. The van der Waals surface area contributed by atoms with Crippen molar-refractivity contribution in [2.24, 2.45) is 0 Å². The highest BCUT2D eigenvalue weighted by Gasteiger charge is 2.31. The number of hydrogen-bond acceptors (Lipinski definition) is 6. The van der Waals surface area contributed by atoms with Gasteiger partial charge in [0.2, 0.25) is 5.95 Å². The zero-order chi connectivity index (χ0) is 23.3. The number of hydrogen-bond donors (Lipinski definition) is 2. The molecule has 7 nitrogen and oxygen atoms in total. The molecule has 1 amide bonds. The minimum absolute atomic E-state index is 0.176. The normalized spacial score (nSPS) is 11.0. The smallest absolute Gasteiger partial charge is 0.406 e. The molecule has 0 aliphatic carbocycles. The molecule has 10 heteroatoms. The molecule has 0 saturated carbocycles. The number of amides is 1. The van der Waals surface area contributed by atoms with Crippen molar-refractivity contribution in [1.82, 2.24) is 15.0 Å². The number of carbonyl (C=O) groups excluding carboxylic acids is 1. The molecule has 33 heavy (non-hydrogen) atoms. The van der Waals surface area contributed by atoms with Crippen LogP contribution in [0, 0.1) is 0 Å². The van der Waals surface area contributed by atoms with Gasteiger partial charge >= 0.3 is 6.36 Å². The number of anilines is 3. The quantitative estimate of drug-likeness (QED) is 0.406. The van der Waals surface area contributed by atoms with E-state index in [4.69, 9.17) is 0 Å². The summed E-state index contributed by atoms with van der Waals surface area (Å²) in [4.78, 5) is 25.2. The van der Waals surface area contributed by atoms with Crippen LogP contribution in [0.5, 0.6) is 5.75 Å². The fourth-order valence-electron chi connectivity index (χ4n) is 2.91. The molecule has 2 heterocycles. The van der Waals surface area contributed by atoms with Gasteiger partial charge in [0.1, 0.15) is 5.75 Å². The molecule has 2 aromatic carbocycles. The van der Waals surface area contributed by atoms with Gasteiger partial charge < -0.3 is 15.4 Å². The molecule has 4 rings (SSSR count). The van der Waals surface area contributed by atoms with Crippen LogP contribution in [0.1, 0.15) is 10.4 Å². The molecule has 0 radical (unpaired) electrons. The van der Waals surface area contributed by atoms with Gasteiger partial charge in [-0.15, -0.1) is 13.2 Å². The van der Waals surface area contributed by atoms with Crippen LogP contribution in [0.25, 0.3) is 11.3 Å². The van der Waals surface area contributed by atoms with E-state index in [2.05, 4.69) is 30.3 Å². The maximum Gasteiger partial charge on any atom is 0.573 e. The Morgan fingerprint density at radius 2 is 1.70 bits per heavy atom. The van der Waals surface area contributed by atoms with Crippen LogP contribution < -0.4 is 15.4 Å². The largest absolute Gasteiger partial charge is 0.573 e. The van der Waals surface area contributed by atoms with Crippen LogP contribution in [-0.2, 0) is 0 Å². The van der Waals surface area contributed by atoms with Crippen LogP contribution in [0.3, 0.4) is 0 Å². The number of rotatable bonds is 6. The first kappa shape index (κ1) is 21.8. The van der Waals surface area contributed by atoms with Crippen molar-refractivity contribution in [3.63, 3.8) is 0 Å². The SMILES string of the molecule is O=C(Nc1cccc(Nc2nccc(-c3cccnc3)n2)c1)c1ccc(OC(F)(F)F)cc1. The van der Waals surface area contributed by atoms with E-state index in [1.165, 1.54) is 12.1 Å². The third kappa shape index (κ3) is 6.03. The summed E-state index contributed by atoms with van der Waals surface area (Å²) >= 11 is 0. The van der Waals surface area contributed by atoms with Gasteiger partial charge in [-0.2, -0.15) is 0 Å². The molecule has 0 bridgehead atoms. The third-order valence-electron chi connectivity index (χ3n) is 4.34. The highest BCUT2D eigenvalue weighted by atomic mass is 19.4. The van der Waals surface area contributed by atoms with Crippen LogP contribution in [0.4, 0.5) is 30.5 Å². The zero-order valence-corrected chi connectivity index (χ0v) is 16.9. The van der Waals surface area contributed by atoms with E-state index >= 15 is 0 Å². The van der Waals surface area contributed by atoms with Crippen molar-refractivity contribution < 1.29 is 22.7 Å². The zero-order valence-electron chi connectivity index (χ0n) is 16.9. The second-order valence-corrected chi connectivity index (χ2v) is 6.74. The Bertz CT molecular complexity index is 1250. The third-order valence-corrected chi connectivity index (χ3v) is 4.34. The summed E-state index contributed by atoms with van der Waals surface area (Å²) in [6.07, 6.45) is 0.201. The Labute approximate surface area is 186 Å². The van der Waals surface area contributed by atoms with Gasteiger partial charge in [-0.3, -0.25) is 9.78 Å². The van der Waals surface area contributed by atoms with Crippen molar-refractivity contribution in [1.29, 1.82) is 0 Å². The minimum atomic E-state index is -4.79. The summed E-state index contributed by atoms with van der Waals surface area (Å²) in [6, 6.07) is 17.0. The van der Waals surface area contributed by atoms with E-state index in [-0.39, 0.29) is 5.56 Å². The topological polar surface area (TPSA) is 89.0 Å². The molecule has 166 valence electrons. The van der Waals surface area contributed by atoms with Gasteiger partial charge in [0, 0.05) is 41.1 Å². The van der Waals surface area contributed by atoms with Gasteiger partial charge in [0.15, 0.2) is 0 Å². The number of pyridine rings is 1. The predicted molar refractivity (Wildman–Crippen MR) is 116 cm³/mol. The molecule has 0 spiro atoms. The Morgan fingerprint density at radius 3 is 2.42 bits per heavy atom. The molecular weight excluding hydrogens is 435 g/mol. The van der Waals surface area contributed by atoms with E-state index in [1.807, 2.05) is 12.1 Å². The highest BCUT2D eigenvalue weighted by molar-refractivity contribution is 6.04. The molecule has 0 aliphatic heterocycles. The van der Waals surface area contributed by atoms with E-state index < -0.39 is 18.0 Å². The van der Waals surface area contributed by atoms with E-state index in [1.54, 1.807) is 48.9 Å². The summed E-state index contributed by atoms with van der Waals surface area (Å²) in [5.74, 6) is -0.528. The first-order valence-electron chi connectivity index (χ1n) is 9.63. The summed E-state index contributed by atoms with van der Waals surface area (Å²) in [5, 5.41) is 5.78. The molecule has 2 N–H and O–H groups in total. The van der Waals surface area contributed by atoms with Gasteiger partial charge in [0.05, 0.1) is 5.69 Å². The number of nitrogens with one attached hydrogen (secondary N) is 2. The fraction of sp³-hybridized carbons (Fsp3) is 0.0435. The lowest BCUT2D eigenvalue weighted by atomic mass is 10.2. The standard InChI is InChI=1S/C23H16F3N5O2/c24-23(25,26)33-19-8-6-15(7-9-19)21(32)29-17-4-1-5-18(13-17)30-22-28-12-10-20(31-22)16-3-2-11-27-14-16/h1-14H,(H,29,32)(H,28,30,31). The van der Waals surface area contributed by atoms with Gasteiger partial charge in [-0.05, 0) is 60.7 Å². The van der Waals surface area contributed by atoms with Crippen LogP contribution in [0.2, 0.25) is 0 Å². The monoisotopic (exact) mass is 451 g/mol. The average molecular weight is 451 g/mol. The first-order chi connectivity index (χ1) is 15.9. The van der Waals surface area contributed by atoms with E-state index in [0.717, 1.165) is 17.7 Å². The first-order valence-corrected chi connectivity index (χ1v) is 9.63. The lowest BCUT2D eigenvalue weighted by Crippen LogP contribution is -2.17. The number of carbonyl (C=O) groups is 1. The maximum absolute atomic E-state index is 12.5. The number of benzene rings is 2. The van der Waals surface area contributed by atoms with Crippen molar-refractivity contribution >= 4 is 23.2 Å². The minimum Gasteiger partial charge on any atom is -0.406 e. The van der Waals surface area contributed by atoms with Gasteiger partial charge in [-0.1, -0.05) is 6.07 Å². The molecule has 2 aromatic heterocycles. The number of aromatic nitrogens is 3. The number of ether oxygens (including phenoxy) is 1. The van der Waals surface area contributed by atoms with Gasteiger partial charge in [-0.25, -0.2) is 9.97 Å². The van der Waals surface area contributed by atoms with Crippen LogP contribution in [0.15, 0.2) is 85.3 Å². The summed E-state index contributed by atoms with van der Waals surface area (Å²) < 4.78 is 40.6. The Balaban J connectivity index is 1.44. The Morgan fingerprint density at radius 1 is 0.909 bits per heavy atom. The molecule has 4 aromatic rings. The van der Waals surface area contributed by atoms with Crippen LogP contribution in [-0.4, -0.2) is 27.2 Å². The second kappa shape index (κ2) is 9.35. The number of alkyl halides is 3. The van der Waals surface area contributed by atoms with Gasteiger partial charge in [0.25, 0.3) is 5.91 Å². The average Bonchev–Trinajstić information content (AvgIpc) is 2.79. The van der Waals surface area contributed by atoms with E-state index in [9.17, 15) is 18.0 Å². The lowest BCUT2D eigenvalue weighted by Gasteiger charge is -2.11. The highest BCUT2D eigenvalue weighted by Crippen LogP contribution is 2.24. The number of nitrogens with zero attached hydrogens (tertiary/aromatic N) is 3. The molecule has 0 atom stereocenters. The molecular formula is C23H16F3N5O2. The van der Waals surface area contributed by atoms with Crippen molar-refractivity contribution in [3.05, 3.63) is 90.9 Å². The van der Waals surface area contributed by atoms with E-state index in [0.29, 0.717) is 23.0 Å². The number of halogens is 3. The molecule has 0 aliphatic rings. The van der Waals surface area contributed by atoms with Crippen molar-refractivity contribution in [2.75, 3.05) is 10.6 Å². The second-order valence-electron chi connectivity index (χ2n) is 6.74. The summed E-state index contributed by atoms with van der Waals surface area (Å²) in [5.41, 5.74) is 2.82. The Hall–Kier alpha value is -4.47. The molecule has 0 saturated heterocycles. The molecule has 0 unspecified atom stereocenters. The maximum atomic E-state index is 12.5. The van der Waals surface area contributed by atoms with Crippen LogP contribution >= 0.6 is 0 Å². The summed E-state index contributed by atoms with van der Waals surface area (Å²) in [7, 11) is 0. The van der Waals surface area contributed by atoms with Crippen molar-refractivity contribution in [2.45, 2.75) is 6.36 Å². The fourth-order valence-corrected chi connectivity index (χ4v) is 2.91. The predicted octanol–water partition coefficient (Wildman–Crippen LogP) is 5.43. The summed E-state index contributed by atoms with van der Waals surface area (Å²) in [6.45, 7) is 0. The molecule has 0 fully saturated rings.